The van der Waals surface area contributed by atoms with Gasteiger partial charge in [0.05, 0.1) is 25.6 Å². The van der Waals surface area contributed by atoms with Crippen molar-refractivity contribution < 1.29 is 23.9 Å². The number of allylic oxidation sites excluding steroid dienone is 2. The van der Waals surface area contributed by atoms with Gasteiger partial charge >= 0.3 is 11.9 Å². The number of hydrogen-bond acceptors (Lipinski definition) is 5. The smallest absolute Gasteiger partial charge is 0.314 e. The maximum Gasteiger partial charge on any atom is 0.314 e. The van der Waals surface area contributed by atoms with Gasteiger partial charge in [0.1, 0.15) is 0 Å². The van der Waals surface area contributed by atoms with Gasteiger partial charge < -0.3 is 9.47 Å². The highest BCUT2D eigenvalue weighted by molar-refractivity contribution is 6.03. The second-order valence-corrected chi connectivity index (χ2v) is 8.29. The Balaban J connectivity index is 1.90. The number of Topliss-reactive ketones (excluding diaryl/α,β-unsaturated/α-hetero) is 1. The largest absolute Gasteiger partial charge is 0.469 e. The molecular formula is C26H26O5. The van der Waals surface area contributed by atoms with Crippen LogP contribution in [0, 0.1) is 29.1 Å². The number of ketones is 1. The van der Waals surface area contributed by atoms with Crippen molar-refractivity contribution in [3.63, 3.8) is 0 Å². The summed E-state index contributed by atoms with van der Waals surface area (Å²) in [7, 11) is 2.64. The van der Waals surface area contributed by atoms with Crippen molar-refractivity contribution in [2.45, 2.75) is 12.8 Å². The number of benzene rings is 2. The van der Waals surface area contributed by atoms with Crippen LogP contribution >= 0.6 is 0 Å². The molecule has 0 amide bonds. The van der Waals surface area contributed by atoms with Crippen molar-refractivity contribution in [1.29, 1.82) is 0 Å². The van der Waals surface area contributed by atoms with Crippen LogP contribution in [0.4, 0.5) is 0 Å². The first kappa shape index (κ1) is 21.0. The molecule has 1 saturated carbocycles. The zero-order valence-corrected chi connectivity index (χ0v) is 17.7. The van der Waals surface area contributed by atoms with E-state index in [1.165, 1.54) is 14.2 Å². The number of hydrogen-bond donors (Lipinski definition) is 0. The molecule has 1 fully saturated rings. The number of carbonyl (C=O) groups is 3. The highest BCUT2D eigenvalue weighted by atomic mass is 16.5. The number of carbonyl (C=O) groups excluding carboxylic acids is 3. The molecule has 4 rings (SSSR count). The Bertz CT molecular complexity index is 997. The summed E-state index contributed by atoms with van der Waals surface area (Å²) < 4.78 is 10.4. The highest BCUT2D eigenvalue weighted by Gasteiger charge is 2.68. The monoisotopic (exact) mass is 418 g/mol. The van der Waals surface area contributed by atoms with Crippen LogP contribution in [0.1, 0.15) is 22.3 Å². The van der Waals surface area contributed by atoms with Crippen LogP contribution < -0.4 is 0 Å². The molecule has 0 N–H and O–H groups in total. The van der Waals surface area contributed by atoms with Gasteiger partial charge in [-0.2, -0.15) is 0 Å². The molecule has 0 heterocycles. The van der Waals surface area contributed by atoms with Crippen LogP contribution in [-0.2, 0) is 25.5 Å². The lowest BCUT2D eigenvalue weighted by molar-refractivity contribution is -0.171. The molecule has 0 aromatic heterocycles. The van der Waals surface area contributed by atoms with Crippen LogP contribution in [0.2, 0.25) is 0 Å². The van der Waals surface area contributed by atoms with E-state index in [-0.39, 0.29) is 17.6 Å². The Hall–Kier alpha value is -3.21. The SMILES string of the molecule is COC(=O)[C@H]1[C@H]2C=C[C@H](C2)[C@@]1(C(=O)OC)[C@H](Cc1ccccc1)C(=O)c1ccccc1. The third-order valence-electron chi connectivity index (χ3n) is 6.90. The number of methoxy groups -OCH3 is 2. The normalized spacial score (nSPS) is 27.0. The fourth-order valence-electron chi connectivity index (χ4n) is 5.61. The van der Waals surface area contributed by atoms with Gasteiger partial charge in [0, 0.05) is 11.5 Å². The predicted molar refractivity (Wildman–Crippen MR) is 115 cm³/mol. The van der Waals surface area contributed by atoms with Gasteiger partial charge in [-0.25, -0.2) is 0 Å². The van der Waals surface area contributed by atoms with Crippen molar-refractivity contribution in [1.82, 2.24) is 0 Å². The van der Waals surface area contributed by atoms with Gasteiger partial charge in [-0.15, -0.1) is 0 Å². The second kappa shape index (κ2) is 8.50. The number of esters is 2. The first-order chi connectivity index (χ1) is 15.0. The van der Waals surface area contributed by atoms with Crippen LogP contribution in [0.3, 0.4) is 0 Å². The zero-order valence-electron chi connectivity index (χ0n) is 17.7. The summed E-state index contributed by atoms with van der Waals surface area (Å²) in [6.07, 6.45) is 4.90. The average molecular weight is 418 g/mol. The van der Waals surface area contributed by atoms with E-state index in [9.17, 15) is 14.4 Å². The van der Waals surface area contributed by atoms with Crippen molar-refractivity contribution >= 4 is 17.7 Å². The molecule has 2 aliphatic carbocycles. The molecule has 0 unspecified atom stereocenters. The molecule has 0 saturated heterocycles. The van der Waals surface area contributed by atoms with Gasteiger partial charge in [-0.05, 0) is 30.2 Å². The topological polar surface area (TPSA) is 69.7 Å². The molecule has 2 bridgehead atoms. The van der Waals surface area contributed by atoms with Gasteiger partial charge in [-0.1, -0.05) is 72.8 Å². The van der Waals surface area contributed by atoms with Crippen LogP contribution in [0.15, 0.2) is 72.8 Å². The van der Waals surface area contributed by atoms with E-state index >= 15 is 0 Å². The summed E-state index contributed by atoms with van der Waals surface area (Å²) in [5.41, 5.74) is 0.127. The molecule has 2 aromatic carbocycles. The molecule has 2 aliphatic rings. The Labute approximate surface area is 182 Å². The van der Waals surface area contributed by atoms with E-state index in [1.807, 2.05) is 48.6 Å². The Morgan fingerprint density at radius 3 is 2.19 bits per heavy atom. The fraction of sp³-hybridized carbons (Fsp3) is 0.346. The maximum absolute atomic E-state index is 13.9. The lowest BCUT2D eigenvalue weighted by atomic mass is 9.57. The molecule has 0 aliphatic heterocycles. The molecule has 0 radical (unpaired) electrons. The van der Waals surface area contributed by atoms with Crippen LogP contribution in [0.25, 0.3) is 0 Å². The number of fused-ring (bicyclic) bond motifs is 2. The Kier molecular flexibility index (Phi) is 5.77. The van der Waals surface area contributed by atoms with Crippen molar-refractivity contribution in [3.05, 3.63) is 83.9 Å². The predicted octanol–water partition coefficient (Wildman–Crippen LogP) is 3.88. The standard InChI is InChI=1S/C26H26O5/c1-30-24(28)22-19-13-14-20(16-19)26(22,25(29)31-2)21(15-17-9-5-3-6-10-17)23(27)18-11-7-4-8-12-18/h3-14,19-22H,15-16H2,1-2H3/t19-,20+,21+,22+,26+/m0/s1. The van der Waals surface area contributed by atoms with E-state index in [0.29, 0.717) is 18.4 Å². The summed E-state index contributed by atoms with van der Waals surface area (Å²) in [5, 5.41) is 0. The average Bonchev–Trinajstić information content (AvgIpc) is 3.43. The van der Waals surface area contributed by atoms with Gasteiger partial charge in [0.15, 0.2) is 5.78 Å². The minimum Gasteiger partial charge on any atom is -0.469 e. The van der Waals surface area contributed by atoms with E-state index < -0.39 is 29.2 Å². The van der Waals surface area contributed by atoms with Gasteiger partial charge in [0.25, 0.3) is 0 Å². The molecule has 5 nitrogen and oxygen atoms in total. The van der Waals surface area contributed by atoms with E-state index in [1.54, 1.807) is 24.3 Å². The molecule has 31 heavy (non-hydrogen) atoms. The molecule has 5 atom stereocenters. The van der Waals surface area contributed by atoms with Crippen molar-refractivity contribution in [2.75, 3.05) is 14.2 Å². The summed E-state index contributed by atoms with van der Waals surface area (Å²) in [5.74, 6) is -3.11. The maximum atomic E-state index is 13.9. The zero-order chi connectivity index (χ0) is 22.0. The third-order valence-corrected chi connectivity index (χ3v) is 6.90. The van der Waals surface area contributed by atoms with E-state index in [0.717, 1.165) is 5.56 Å². The number of ether oxygens (including phenoxy) is 2. The summed E-state index contributed by atoms with van der Waals surface area (Å²) in [6, 6.07) is 18.5. The molecule has 160 valence electrons. The first-order valence-corrected chi connectivity index (χ1v) is 10.5. The third kappa shape index (κ3) is 3.38. The van der Waals surface area contributed by atoms with Crippen molar-refractivity contribution in [3.8, 4) is 0 Å². The second-order valence-electron chi connectivity index (χ2n) is 8.29. The summed E-state index contributed by atoms with van der Waals surface area (Å²) >= 11 is 0. The minimum absolute atomic E-state index is 0.154. The van der Waals surface area contributed by atoms with E-state index in [4.69, 9.17) is 9.47 Å². The quantitative estimate of drug-likeness (QED) is 0.388. The molecular weight excluding hydrogens is 392 g/mol. The van der Waals surface area contributed by atoms with Gasteiger partial charge in [0.2, 0.25) is 0 Å². The highest BCUT2D eigenvalue weighted by Crippen LogP contribution is 2.61. The molecule has 0 spiro atoms. The lowest BCUT2D eigenvalue weighted by Gasteiger charge is -2.43. The first-order valence-electron chi connectivity index (χ1n) is 10.5. The van der Waals surface area contributed by atoms with Crippen LogP contribution in [-0.4, -0.2) is 31.9 Å². The summed E-state index contributed by atoms with van der Waals surface area (Å²) in [6.45, 7) is 0. The van der Waals surface area contributed by atoms with Crippen molar-refractivity contribution in [2.24, 2.45) is 29.1 Å². The Morgan fingerprint density at radius 1 is 0.935 bits per heavy atom. The lowest BCUT2D eigenvalue weighted by Crippen LogP contribution is -2.54. The molecule has 2 aromatic rings. The van der Waals surface area contributed by atoms with Gasteiger partial charge in [-0.3, -0.25) is 14.4 Å². The fourth-order valence-corrected chi connectivity index (χ4v) is 5.61. The van der Waals surface area contributed by atoms with Crippen LogP contribution in [0.5, 0.6) is 0 Å². The summed E-state index contributed by atoms with van der Waals surface area (Å²) in [4.78, 5) is 40.4. The number of rotatable bonds is 7. The Morgan fingerprint density at radius 2 is 1.58 bits per heavy atom. The van der Waals surface area contributed by atoms with E-state index in [2.05, 4.69) is 0 Å². The molecule has 5 heteroatoms. The minimum atomic E-state index is -1.32.